The lowest BCUT2D eigenvalue weighted by atomic mass is 10.1. The molecule has 18 heavy (non-hydrogen) atoms. The Bertz CT molecular complexity index is 352. The van der Waals surface area contributed by atoms with Gasteiger partial charge in [0.1, 0.15) is 5.75 Å². The van der Waals surface area contributed by atoms with E-state index < -0.39 is 0 Å². The molecule has 0 bridgehead atoms. The van der Waals surface area contributed by atoms with E-state index in [0.29, 0.717) is 6.04 Å². The van der Waals surface area contributed by atoms with Crippen LogP contribution in [-0.2, 0) is 6.42 Å². The lowest BCUT2D eigenvalue weighted by Gasteiger charge is -2.14. The van der Waals surface area contributed by atoms with E-state index in [1.807, 2.05) is 12.1 Å². The van der Waals surface area contributed by atoms with Gasteiger partial charge in [-0.3, -0.25) is 0 Å². The van der Waals surface area contributed by atoms with Gasteiger partial charge in [0.25, 0.3) is 0 Å². The Kier molecular flexibility index (Phi) is 6.58. The predicted molar refractivity (Wildman–Crippen MR) is 78.1 cm³/mol. The average Bonchev–Trinajstić information content (AvgIpc) is 2.35. The zero-order valence-electron chi connectivity index (χ0n) is 11.8. The van der Waals surface area contributed by atoms with Crippen molar-refractivity contribution in [3.63, 3.8) is 0 Å². The molecule has 0 spiro atoms. The molecule has 0 heterocycles. The summed E-state index contributed by atoms with van der Waals surface area (Å²) in [7, 11) is 0. The van der Waals surface area contributed by atoms with Gasteiger partial charge in [-0.1, -0.05) is 19.9 Å². The summed E-state index contributed by atoms with van der Waals surface area (Å²) < 4.78 is 5.57. The Labute approximate surface area is 111 Å². The standard InChI is InChI=1S/C15H26N2O/c1-4-8-17-12(3)10-13-6-7-15(14(16)11-13)18-9-5-2/h6-7,11-12,17H,4-5,8-10,16H2,1-3H3. The van der Waals surface area contributed by atoms with Crippen molar-refractivity contribution in [1.82, 2.24) is 5.32 Å². The Balaban J connectivity index is 2.55. The smallest absolute Gasteiger partial charge is 0.142 e. The minimum Gasteiger partial charge on any atom is -0.491 e. The summed E-state index contributed by atoms with van der Waals surface area (Å²) in [4.78, 5) is 0. The van der Waals surface area contributed by atoms with Crippen molar-refractivity contribution in [2.45, 2.75) is 46.1 Å². The lowest BCUT2D eigenvalue weighted by Crippen LogP contribution is -2.28. The number of ether oxygens (including phenoxy) is 1. The predicted octanol–water partition coefficient (Wildman–Crippen LogP) is 2.99. The summed E-state index contributed by atoms with van der Waals surface area (Å²) in [5, 5.41) is 3.48. The second-order valence-corrected chi connectivity index (χ2v) is 4.78. The molecule has 1 aromatic carbocycles. The van der Waals surface area contributed by atoms with Gasteiger partial charge in [-0.25, -0.2) is 0 Å². The summed E-state index contributed by atoms with van der Waals surface area (Å²) in [5.41, 5.74) is 7.99. The van der Waals surface area contributed by atoms with Crippen LogP contribution in [0.2, 0.25) is 0 Å². The van der Waals surface area contributed by atoms with Crippen LogP contribution in [-0.4, -0.2) is 19.2 Å². The number of hydrogen-bond acceptors (Lipinski definition) is 3. The summed E-state index contributed by atoms with van der Waals surface area (Å²) in [6, 6.07) is 6.58. The van der Waals surface area contributed by atoms with Crippen LogP contribution in [0.25, 0.3) is 0 Å². The molecule has 0 amide bonds. The van der Waals surface area contributed by atoms with E-state index in [1.165, 1.54) is 5.56 Å². The van der Waals surface area contributed by atoms with Crippen LogP contribution in [0.3, 0.4) is 0 Å². The topological polar surface area (TPSA) is 47.3 Å². The Morgan fingerprint density at radius 2 is 2.06 bits per heavy atom. The van der Waals surface area contributed by atoms with Gasteiger partial charge in [0.15, 0.2) is 0 Å². The van der Waals surface area contributed by atoms with E-state index in [2.05, 4.69) is 32.2 Å². The lowest BCUT2D eigenvalue weighted by molar-refractivity contribution is 0.319. The third kappa shape index (κ3) is 4.96. The molecule has 3 heteroatoms. The third-order valence-corrected chi connectivity index (χ3v) is 2.82. The molecule has 3 N–H and O–H groups in total. The number of nitrogens with two attached hydrogens (primary N) is 1. The fourth-order valence-electron chi connectivity index (χ4n) is 1.88. The maximum Gasteiger partial charge on any atom is 0.142 e. The number of nitrogen functional groups attached to an aromatic ring is 1. The highest BCUT2D eigenvalue weighted by molar-refractivity contribution is 5.54. The monoisotopic (exact) mass is 250 g/mol. The van der Waals surface area contributed by atoms with Crippen LogP contribution in [0.15, 0.2) is 18.2 Å². The molecular weight excluding hydrogens is 224 g/mol. The van der Waals surface area contributed by atoms with Gasteiger partial charge in [0, 0.05) is 6.04 Å². The molecule has 0 aliphatic heterocycles. The summed E-state index contributed by atoms with van der Waals surface area (Å²) in [6.45, 7) is 8.25. The summed E-state index contributed by atoms with van der Waals surface area (Å²) in [6.07, 6.45) is 3.16. The first-order valence-corrected chi connectivity index (χ1v) is 6.92. The van der Waals surface area contributed by atoms with Crippen LogP contribution in [0.5, 0.6) is 5.75 Å². The maximum atomic E-state index is 5.99. The highest BCUT2D eigenvalue weighted by Crippen LogP contribution is 2.23. The van der Waals surface area contributed by atoms with Crippen LogP contribution in [0, 0.1) is 0 Å². The second kappa shape index (κ2) is 7.98. The van der Waals surface area contributed by atoms with Crippen molar-refractivity contribution in [3.05, 3.63) is 23.8 Å². The Morgan fingerprint density at radius 3 is 2.67 bits per heavy atom. The molecule has 0 aliphatic rings. The van der Waals surface area contributed by atoms with E-state index in [0.717, 1.165) is 43.9 Å². The largest absolute Gasteiger partial charge is 0.491 e. The molecule has 1 rings (SSSR count). The highest BCUT2D eigenvalue weighted by atomic mass is 16.5. The molecule has 0 saturated carbocycles. The van der Waals surface area contributed by atoms with E-state index in [1.54, 1.807) is 0 Å². The second-order valence-electron chi connectivity index (χ2n) is 4.78. The Morgan fingerprint density at radius 1 is 1.28 bits per heavy atom. The molecule has 0 aromatic heterocycles. The number of nitrogens with one attached hydrogen (secondary N) is 1. The third-order valence-electron chi connectivity index (χ3n) is 2.82. The van der Waals surface area contributed by atoms with Crippen LogP contribution < -0.4 is 15.8 Å². The average molecular weight is 250 g/mol. The highest BCUT2D eigenvalue weighted by Gasteiger charge is 2.05. The molecule has 102 valence electrons. The van der Waals surface area contributed by atoms with E-state index >= 15 is 0 Å². The quantitative estimate of drug-likeness (QED) is 0.697. The summed E-state index contributed by atoms with van der Waals surface area (Å²) in [5.74, 6) is 0.801. The number of hydrogen-bond donors (Lipinski definition) is 2. The van der Waals surface area contributed by atoms with Crippen molar-refractivity contribution in [2.24, 2.45) is 0 Å². The SMILES string of the molecule is CCCNC(C)Cc1ccc(OCCC)c(N)c1. The molecule has 1 unspecified atom stereocenters. The first kappa shape index (κ1) is 14.8. The van der Waals surface area contributed by atoms with Crippen molar-refractivity contribution < 1.29 is 4.74 Å². The van der Waals surface area contributed by atoms with Crippen molar-refractivity contribution >= 4 is 5.69 Å². The van der Waals surface area contributed by atoms with Gasteiger partial charge >= 0.3 is 0 Å². The van der Waals surface area contributed by atoms with Gasteiger partial charge in [0.2, 0.25) is 0 Å². The van der Waals surface area contributed by atoms with Gasteiger partial charge in [-0.05, 0) is 50.4 Å². The normalized spacial score (nSPS) is 12.4. The molecule has 0 radical (unpaired) electrons. The maximum absolute atomic E-state index is 5.99. The van der Waals surface area contributed by atoms with Crippen LogP contribution in [0.1, 0.15) is 39.2 Å². The first-order valence-electron chi connectivity index (χ1n) is 6.92. The minimum absolute atomic E-state index is 0.478. The molecule has 3 nitrogen and oxygen atoms in total. The fraction of sp³-hybridized carbons (Fsp3) is 0.600. The van der Waals surface area contributed by atoms with Crippen molar-refractivity contribution in [1.29, 1.82) is 0 Å². The van der Waals surface area contributed by atoms with Crippen molar-refractivity contribution in [3.8, 4) is 5.75 Å². The number of rotatable bonds is 8. The Hall–Kier alpha value is -1.22. The van der Waals surface area contributed by atoms with E-state index in [-0.39, 0.29) is 0 Å². The summed E-state index contributed by atoms with van der Waals surface area (Å²) >= 11 is 0. The molecule has 0 aliphatic carbocycles. The molecule has 1 aromatic rings. The minimum atomic E-state index is 0.478. The zero-order valence-corrected chi connectivity index (χ0v) is 11.8. The zero-order chi connectivity index (χ0) is 13.4. The van der Waals surface area contributed by atoms with E-state index in [9.17, 15) is 0 Å². The molecule has 0 saturated heterocycles. The first-order chi connectivity index (χ1) is 8.67. The number of anilines is 1. The molecule has 1 atom stereocenters. The van der Waals surface area contributed by atoms with Crippen LogP contribution in [0.4, 0.5) is 5.69 Å². The van der Waals surface area contributed by atoms with Gasteiger partial charge < -0.3 is 15.8 Å². The van der Waals surface area contributed by atoms with Gasteiger partial charge in [-0.2, -0.15) is 0 Å². The molecule has 0 fully saturated rings. The van der Waals surface area contributed by atoms with Crippen LogP contribution >= 0.6 is 0 Å². The molecular formula is C15H26N2O. The van der Waals surface area contributed by atoms with Crippen molar-refractivity contribution in [2.75, 3.05) is 18.9 Å². The van der Waals surface area contributed by atoms with Gasteiger partial charge in [0.05, 0.1) is 12.3 Å². The van der Waals surface area contributed by atoms with Gasteiger partial charge in [-0.15, -0.1) is 0 Å². The van der Waals surface area contributed by atoms with E-state index in [4.69, 9.17) is 10.5 Å². The number of benzene rings is 1. The fourth-order valence-corrected chi connectivity index (χ4v) is 1.88.